The fourth-order valence-corrected chi connectivity index (χ4v) is 3.16. The molecule has 154 valence electrons. The Kier molecular flexibility index (Phi) is 12.7. The van der Waals surface area contributed by atoms with Crippen LogP contribution in [0.1, 0.15) is 44.2 Å². The van der Waals surface area contributed by atoms with Gasteiger partial charge in [0.25, 0.3) is 0 Å². The summed E-state index contributed by atoms with van der Waals surface area (Å²) in [5.41, 5.74) is 2.65. The Labute approximate surface area is 182 Å². The number of hydrogen-bond acceptors (Lipinski definition) is 3. The number of guanidine groups is 1. The van der Waals surface area contributed by atoms with E-state index in [1.165, 1.54) is 37.1 Å². The van der Waals surface area contributed by atoms with E-state index in [9.17, 15) is 0 Å². The molecule has 1 aromatic rings. The number of nitrogens with zero attached hydrogens (tertiary/aromatic N) is 2. The number of methoxy groups -OCH3 is 1. The van der Waals surface area contributed by atoms with Gasteiger partial charge in [0.05, 0.1) is 6.54 Å². The fourth-order valence-electron chi connectivity index (χ4n) is 3.16. The van der Waals surface area contributed by atoms with Crippen LogP contribution >= 0.6 is 24.0 Å². The van der Waals surface area contributed by atoms with E-state index in [1.54, 1.807) is 7.11 Å². The minimum absolute atomic E-state index is 0. The molecule has 0 aliphatic carbocycles. The van der Waals surface area contributed by atoms with E-state index in [1.807, 2.05) is 0 Å². The zero-order valence-electron chi connectivity index (χ0n) is 17.2. The van der Waals surface area contributed by atoms with Crippen LogP contribution < -0.4 is 10.6 Å². The van der Waals surface area contributed by atoms with Crippen LogP contribution in [-0.4, -0.2) is 50.8 Å². The van der Waals surface area contributed by atoms with Crippen LogP contribution in [-0.2, 0) is 17.8 Å². The average molecular weight is 488 g/mol. The molecule has 27 heavy (non-hydrogen) atoms. The first kappa shape index (κ1) is 24.2. The van der Waals surface area contributed by atoms with Gasteiger partial charge in [0, 0.05) is 33.4 Å². The molecule has 5 nitrogen and oxygen atoms in total. The summed E-state index contributed by atoms with van der Waals surface area (Å²) in [6, 6.07) is 8.92. The van der Waals surface area contributed by atoms with E-state index in [-0.39, 0.29) is 24.0 Å². The van der Waals surface area contributed by atoms with Crippen molar-refractivity contribution in [2.45, 2.75) is 46.2 Å². The second-order valence-electron chi connectivity index (χ2n) is 7.24. The number of halogens is 1. The summed E-state index contributed by atoms with van der Waals surface area (Å²) in [7, 11) is 1.73. The highest BCUT2D eigenvalue weighted by Gasteiger charge is 2.15. The van der Waals surface area contributed by atoms with Crippen LogP contribution in [0.4, 0.5) is 0 Å². The summed E-state index contributed by atoms with van der Waals surface area (Å²) in [5.74, 6) is 1.76. The van der Waals surface area contributed by atoms with Gasteiger partial charge in [-0.05, 0) is 56.3 Å². The Balaban J connectivity index is 0.00000364. The maximum atomic E-state index is 5.08. The van der Waals surface area contributed by atoms with Crippen molar-refractivity contribution in [3.8, 4) is 0 Å². The van der Waals surface area contributed by atoms with Gasteiger partial charge in [0.15, 0.2) is 5.96 Å². The quantitative estimate of drug-likeness (QED) is 0.241. The van der Waals surface area contributed by atoms with Gasteiger partial charge < -0.3 is 15.4 Å². The van der Waals surface area contributed by atoms with Crippen molar-refractivity contribution in [1.29, 1.82) is 0 Å². The van der Waals surface area contributed by atoms with Crippen LogP contribution in [0.15, 0.2) is 29.3 Å². The number of aliphatic imine (C=N–C) groups is 1. The topological polar surface area (TPSA) is 48.9 Å². The number of benzene rings is 1. The third-order valence-corrected chi connectivity index (χ3v) is 4.89. The molecule has 1 saturated heterocycles. The molecule has 0 radical (unpaired) electrons. The van der Waals surface area contributed by atoms with Gasteiger partial charge in [0.1, 0.15) is 0 Å². The Hall–Kier alpha value is -0.860. The molecule has 6 heteroatoms. The molecule has 1 aliphatic heterocycles. The lowest BCUT2D eigenvalue weighted by atomic mass is 9.99. The molecule has 0 atom stereocenters. The molecule has 0 amide bonds. The minimum atomic E-state index is 0. The van der Waals surface area contributed by atoms with Crippen LogP contribution in [0, 0.1) is 5.92 Å². The van der Waals surface area contributed by atoms with E-state index in [0.717, 1.165) is 44.5 Å². The number of rotatable bonds is 9. The van der Waals surface area contributed by atoms with Gasteiger partial charge >= 0.3 is 0 Å². The number of hydrogen-bond donors (Lipinski definition) is 2. The molecule has 0 bridgehead atoms. The van der Waals surface area contributed by atoms with Gasteiger partial charge in [0.2, 0.25) is 0 Å². The third-order valence-electron chi connectivity index (χ3n) is 4.89. The van der Waals surface area contributed by atoms with Crippen molar-refractivity contribution in [3.63, 3.8) is 0 Å². The molecule has 2 N–H and O–H groups in total. The lowest BCUT2D eigenvalue weighted by Crippen LogP contribution is -2.38. The van der Waals surface area contributed by atoms with Crippen LogP contribution in [0.3, 0.4) is 0 Å². The monoisotopic (exact) mass is 488 g/mol. The molecule has 0 spiro atoms. The molecule has 0 saturated carbocycles. The predicted octanol–water partition coefficient (Wildman–Crippen LogP) is 3.63. The van der Waals surface area contributed by atoms with Crippen LogP contribution in [0.5, 0.6) is 0 Å². The predicted molar refractivity (Wildman–Crippen MR) is 125 cm³/mol. The SMILES string of the molecule is CCNC(=NCc1ccc(CN2CCC(C)CC2)cc1)NCCCOC.I. The molecular formula is C21H37IN4O. The summed E-state index contributed by atoms with van der Waals surface area (Å²) in [6.07, 6.45) is 3.64. The normalized spacial score (nSPS) is 16.0. The third kappa shape index (κ3) is 9.76. The molecule has 0 unspecified atom stereocenters. The Morgan fingerprint density at radius 1 is 1.15 bits per heavy atom. The van der Waals surface area contributed by atoms with Crippen molar-refractivity contribution in [2.24, 2.45) is 10.9 Å². The zero-order chi connectivity index (χ0) is 18.6. The molecule has 1 aromatic carbocycles. The molecule has 2 rings (SSSR count). The van der Waals surface area contributed by atoms with Crippen molar-refractivity contribution in [1.82, 2.24) is 15.5 Å². The molecule has 1 fully saturated rings. The molecule has 1 aliphatic rings. The molecule has 1 heterocycles. The van der Waals surface area contributed by atoms with Gasteiger partial charge in [-0.25, -0.2) is 4.99 Å². The summed E-state index contributed by atoms with van der Waals surface area (Å²) in [4.78, 5) is 7.25. The van der Waals surface area contributed by atoms with Gasteiger partial charge in [-0.1, -0.05) is 31.2 Å². The fraction of sp³-hybridized carbons (Fsp3) is 0.667. The van der Waals surface area contributed by atoms with E-state index in [0.29, 0.717) is 6.54 Å². The van der Waals surface area contributed by atoms with Crippen molar-refractivity contribution in [2.75, 3.05) is 39.9 Å². The van der Waals surface area contributed by atoms with Gasteiger partial charge in [-0.15, -0.1) is 24.0 Å². The smallest absolute Gasteiger partial charge is 0.191 e. The standard InChI is InChI=1S/C21H36N4O.HI/c1-4-22-21(23-12-5-15-26-3)24-16-19-6-8-20(9-7-19)17-25-13-10-18(2)11-14-25;/h6-9,18H,4-5,10-17H2,1-3H3,(H2,22,23,24);1H. The maximum absolute atomic E-state index is 5.08. The van der Waals surface area contributed by atoms with Crippen molar-refractivity contribution in [3.05, 3.63) is 35.4 Å². The second kappa shape index (κ2) is 14.2. The van der Waals surface area contributed by atoms with Crippen LogP contribution in [0.25, 0.3) is 0 Å². The number of nitrogens with one attached hydrogen (secondary N) is 2. The van der Waals surface area contributed by atoms with E-state index in [4.69, 9.17) is 4.74 Å². The first-order valence-corrected chi connectivity index (χ1v) is 10.0. The van der Waals surface area contributed by atoms with E-state index < -0.39 is 0 Å². The largest absolute Gasteiger partial charge is 0.385 e. The average Bonchev–Trinajstić information content (AvgIpc) is 2.66. The van der Waals surface area contributed by atoms with Gasteiger partial charge in [-0.2, -0.15) is 0 Å². The van der Waals surface area contributed by atoms with Crippen molar-refractivity contribution < 1.29 is 4.74 Å². The second-order valence-corrected chi connectivity index (χ2v) is 7.24. The Morgan fingerprint density at radius 3 is 2.44 bits per heavy atom. The molecular weight excluding hydrogens is 451 g/mol. The zero-order valence-corrected chi connectivity index (χ0v) is 19.5. The minimum Gasteiger partial charge on any atom is -0.385 e. The first-order chi connectivity index (χ1) is 12.7. The number of piperidine rings is 1. The maximum Gasteiger partial charge on any atom is 0.191 e. The highest BCUT2D eigenvalue weighted by atomic mass is 127. The summed E-state index contributed by atoms with van der Waals surface area (Å²) >= 11 is 0. The summed E-state index contributed by atoms with van der Waals surface area (Å²) in [6.45, 7) is 11.2. The van der Waals surface area contributed by atoms with Gasteiger partial charge in [-0.3, -0.25) is 4.90 Å². The first-order valence-electron chi connectivity index (χ1n) is 10.0. The lowest BCUT2D eigenvalue weighted by Gasteiger charge is -2.30. The summed E-state index contributed by atoms with van der Waals surface area (Å²) < 4.78 is 5.08. The molecule has 0 aromatic heterocycles. The highest BCUT2D eigenvalue weighted by Crippen LogP contribution is 2.18. The summed E-state index contributed by atoms with van der Waals surface area (Å²) in [5, 5.41) is 6.64. The van der Waals surface area contributed by atoms with Crippen molar-refractivity contribution >= 4 is 29.9 Å². The Morgan fingerprint density at radius 2 is 1.81 bits per heavy atom. The Bertz CT molecular complexity index is 527. The van der Waals surface area contributed by atoms with Crippen LogP contribution in [0.2, 0.25) is 0 Å². The van der Waals surface area contributed by atoms with E-state index >= 15 is 0 Å². The van der Waals surface area contributed by atoms with E-state index in [2.05, 4.69) is 58.6 Å². The number of ether oxygens (including phenoxy) is 1. The number of likely N-dealkylation sites (tertiary alicyclic amines) is 1. The lowest BCUT2D eigenvalue weighted by molar-refractivity contribution is 0.185. The highest BCUT2D eigenvalue weighted by molar-refractivity contribution is 14.0.